The average Bonchev–Trinajstić information content (AvgIpc) is 3.05. The Morgan fingerprint density at radius 2 is 1.91 bits per heavy atom. The molecule has 0 saturated carbocycles. The number of hydrogen-bond donors (Lipinski definition) is 1. The first-order valence-corrected chi connectivity index (χ1v) is 8.71. The van der Waals surface area contributed by atoms with Crippen LogP contribution in [-0.4, -0.2) is 18.5 Å². The monoisotopic (exact) mass is 372 g/mol. The molecule has 0 aromatic heterocycles. The molecule has 0 aliphatic carbocycles. The molecule has 3 nitrogen and oxygen atoms in total. The maximum absolute atomic E-state index is 5.83. The third-order valence-corrected chi connectivity index (χ3v) is 4.53. The number of nitrogens with zero attached hydrogens (tertiary/aromatic N) is 1. The molecule has 0 saturated heterocycles. The van der Waals surface area contributed by atoms with E-state index in [1.54, 1.807) is 0 Å². The molecule has 0 amide bonds. The minimum Gasteiger partial charge on any atom is -0.475 e. The van der Waals surface area contributed by atoms with Crippen molar-refractivity contribution in [1.82, 2.24) is 0 Å². The zero-order valence-corrected chi connectivity index (χ0v) is 15.0. The Morgan fingerprint density at radius 3 is 2.61 bits per heavy atom. The van der Waals surface area contributed by atoms with Crippen molar-refractivity contribution in [3.8, 4) is 0 Å². The van der Waals surface area contributed by atoms with E-state index in [-0.39, 0.29) is 6.04 Å². The standard InChI is InChI=1S/C19H21BrN2O/c1-13(2)18-12-23-19(22-18)16-5-3-4-6-17(16)21-11-14-7-9-15(20)10-8-14/h3-10,13,18,21H,11-12H2,1-2H3/t18-/m1/s1. The van der Waals surface area contributed by atoms with Gasteiger partial charge in [-0.1, -0.05) is 54.0 Å². The van der Waals surface area contributed by atoms with E-state index in [9.17, 15) is 0 Å². The molecule has 1 aliphatic rings. The third-order valence-electron chi connectivity index (χ3n) is 4.00. The zero-order chi connectivity index (χ0) is 16.2. The zero-order valence-electron chi connectivity index (χ0n) is 13.4. The number of nitrogens with one attached hydrogen (secondary N) is 1. The van der Waals surface area contributed by atoms with Gasteiger partial charge in [0.1, 0.15) is 6.61 Å². The first-order chi connectivity index (χ1) is 11.1. The van der Waals surface area contributed by atoms with E-state index >= 15 is 0 Å². The van der Waals surface area contributed by atoms with Gasteiger partial charge in [0.05, 0.1) is 11.6 Å². The highest BCUT2D eigenvalue weighted by atomic mass is 79.9. The van der Waals surface area contributed by atoms with Crippen LogP contribution >= 0.6 is 15.9 Å². The summed E-state index contributed by atoms with van der Waals surface area (Å²) in [5.74, 6) is 1.25. The Kier molecular flexibility index (Phi) is 5.01. The summed E-state index contributed by atoms with van der Waals surface area (Å²) in [4.78, 5) is 4.73. The van der Waals surface area contributed by atoms with E-state index in [2.05, 4.69) is 71.5 Å². The molecule has 2 aromatic rings. The predicted octanol–water partition coefficient (Wildman–Crippen LogP) is 4.86. The van der Waals surface area contributed by atoms with Gasteiger partial charge >= 0.3 is 0 Å². The number of anilines is 1. The van der Waals surface area contributed by atoms with Gasteiger partial charge in [0.25, 0.3) is 0 Å². The minimum atomic E-state index is 0.254. The summed E-state index contributed by atoms with van der Waals surface area (Å²) in [6.45, 7) is 5.80. The second-order valence-corrected chi connectivity index (χ2v) is 7.00. The average molecular weight is 373 g/mol. The number of ether oxygens (including phenoxy) is 1. The van der Waals surface area contributed by atoms with Crippen LogP contribution in [0.25, 0.3) is 0 Å². The van der Waals surface area contributed by atoms with Gasteiger partial charge in [0.15, 0.2) is 0 Å². The highest BCUT2D eigenvalue weighted by Crippen LogP contribution is 2.23. The normalized spacial score (nSPS) is 17.0. The molecule has 1 aliphatic heterocycles. The second kappa shape index (κ2) is 7.18. The Morgan fingerprint density at radius 1 is 1.17 bits per heavy atom. The fourth-order valence-corrected chi connectivity index (χ4v) is 2.77. The number of rotatable bonds is 5. The molecular weight excluding hydrogens is 352 g/mol. The summed E-state index contributed by atoms with van der Waals surface area (Å²) in [5.41, 5.74) is 3.32. The van der Waals surface area contributed by atoms with Crippen LogP contribution in [0.15, 0.2) is 58.0 Å². The van der Waals surface area contributed by atoms with Crippen LogP contribution in [0.5, 0.6) is 0 Å². The number of aliphatic imine (C=N–C) groups is 1. The van der Waals surface area contributed by atoms with E-state index in [4.69, 9.17) is 9.73 Å². The quantitative estimate of drug-likeness (QED) is 0.812. The maximum Gasteiger partial charge on any atom is 0.218 e. The van der Waals surface area contributed by atoms with Crippen LogP contribution in [0, 0.1) is 5.92 Å². The van der Waals surface area contributed by atoms with Gasteiger partial charge in [-0.25, -0.2) is 4.99 Å². The molecule has 0 spiro atoms. The first-order valence-electron chi connectivity index (χ1n) is 7.92. The van der Waals surface area contributed by atoms with Crippen LogP contribution in [0.4, 0.5) is 5.69 Å². The van der Waals surface area contributed by atoms with E-state index < -0.39 is 0 Å². The smallest absolute Gasteiger partial charge is 0.218 e. The molecule has 4 heteroatoms. The molecule has 2 aromatic carbocycles. The molecule has 120 valence electrons. The lowest BCUT2D eigenvalue weighted by atomic mass is 10.1. The summed E-state index contributed by atoms with van der Waals surface area (Å²) in [7, 11) is 0. The fourth-order valence-electron chi connectivity index (χ4n) is 2.50. The topological polar surface area (TPSA) is 33.6 Å². The molecule has 23 heavy (non-hydrogen) atoms. The summed E-state index contributed by atoms with van der Waals surface area (Å²) >= 11 is 3.46. The predicted molar refractivity (Wildman–Crippen MR) is 99.0 cm³/mol. The number of para-hydroxylation sites is 1. The van der Waals surface area contributed by atoms with Gasteiger partial charge in [-0.3, -0.25) is 0 Å². The Labute approximate surface area is 145 Å². The van der Waals surface area contributed by atoms with Gasteiger partial charge < -0.3 is 10.1 Å². The van der Waals surface area contributed by atoms with Crippen molar-refractivity contribution in [2.75, 3.05) is 11.9 Å². The number of benzene rings is 2. The third kappa shape index (κ3) is 3.94. The van der Waals surface area contributed by atoms with Crippen LogP contribution in [0.3, 0.4) is 0 Å². The number of hydrogen-bond acceptors (Lipinski definition) is 3. The SMILES string of the molecule is CC(C)[C@H]1COC(c2ccccc2NCc2ccc(Br)cc2)=N1. The minimum absolute atomic E-state index is 0.254. The Balaban J connectivity index is 1.76. The van der Waals surface area contributed by atoms with E-state index in [1.165, 1.54) is 5.56 Å². The van der Waals surface area contributed by atoms with E-state index in [0.717, 1.165) is 28.2 Å². The lowest BCUT2D eigenvalue weighted by Gasteiger charge is -2.12. The second-order valence-electron chi connectivity index (χ2n) is 6.08. The molecule has 0 unspecified atom stereocenters. The van der Waals surface area contributed by atoms with Crippen LogP contribution < -0.4 is 5.32 Å². The lowest BCUT2D eigenvalue weighted by Crippen LogP contribution is -2.13. The summed E-state index contributed by atoms with van der Waals surface area (Å²) in [6.07, 6.45) is 0. The Hall–Kier alpha value is -1.81. The molecule has 0 bridgehead atoms. The largest absolute Gasteiger partial charge is 0.475 e. The van der Waals surface area contributed by atoms with Gasteiger partial charge in [0, 0.05) is 16.7 Å². The molecule has 1 N–H and O–H groups in total. The van der Waals surface area contributed by atoms with Gasteiger partial charge in [0.2, 0.25) is 5.90 Å². The fraction of sp³-hybridized carbons (Fsp3) is 0.316. The first kappa shape index (κ1) is 16.1. The summed E-state index contributed by atoms with van der Waals surface area (Å²) in [6, 6.07) is 16.8. The summed E-state index contributed by atoms with van der Waals surface area (Å²) < 4.78 is 6.92. The van der Waals surface area contributed by atoms with Crippen molar-refractivity contribution in [3.63, 3.8) is 0 Å². The van der Waals surface area contributed by atoms with Crippen molar-refractivity contribution < 1.29 is 4.74 Å². The molecule has 0 fully saturated rings. The van der Waals surface area contributed by atoms with Crippen LogP contribution in [0.1, 0.15) is 25.0 Å². The van der Waals surface area contributed by atoms with Crippen molar-refractivity contribution in [1.29, 1.82) is 0 Å². The van der Waals surface area contributed by atoms with Crippen molar-refractivity contribution >= 4 is 27.5 Å². The molecular formula is C19H21BrN2O. The number of halogens is 1. The lowest BCUT2D eigenvalue weighted by molar-refractivity contribution is 0.292. The van der Waals surface area contributed by atoms with Gasteiger partial charge in [-0.05, 0) is 35.7 Å². The highest BCUT2D eigenvalue weighted by Gasteiger charge is 2.24. The van der Waals surface area contributed by atoms with Crippen molar-refractivity contribution in [2.24, 2.45) is 10.9 Å². The molecule has 3 rings (SSSR count). The van der Waals surface area contributed by atoms with Gasteiger partial charge in [-0.15, -0.1) is 0 Å². The van der Waals surface area contributed by atoms with E-state index in [1.807, 2.05) is 12.1 Å². The van der Waals surface area contributed by atoms with Crippen LogP contribution in [0.2, 0.25) is 0 Å². The Bertz CT molecular complexity index is 695. The molecule has 0 radical (unpaired) electrons. The van der Waals surface area contributed by atoms with Crippen LogP contribution in [-0.2, 0) is 11.3 Å². The molecule has 1 heterocycles. The van der Waals surface area contributed by atoms with E-state index in [0.29, 0.717) is 12.5 Å². The van der Waals surface area contributed by atoms with Crippen molar-refractivity contribution in [2.45, 2.75) is 26.4 Å². The maximum atomic E-state index is 5.83. The molecule has 1 atom stereocenters. The van der Waals surface area contributed by atoms with Gasteiger partial charge in [-0.2, -0.15) is 0 Å². The summed E-state index contributed by atoms with van der Waals surface area (Å²) in [5, 5.41) is 3.49. The van der Waals surface area contributed by atoms with Crippen molar-refractivity contribution in [3.05, 3.63) is 64.1 Å². The highest BCUT2D eigenvalue weighted by molar-refractivity contribution is 9.10.